The molecule has 1 aromatic rings. The Balaban J connectivity index is 1.62. The van der Waals surface area contributed by atoms with Gasteiger partial charge in [0.15, 0.2) is 0 Å². The second-order valence-electron chi connectivity index (χ2n) is 9.26. The maximum atomic E-state index is 13.0. The fourth-order valence-corrected chi connectivity index (χ4v) is 6.01. The monoisotopic (exact) mass is 422 g/mol. The van der Waals surface area contributed by atoms with Crippen LogP contribution in [0.15, 0.2) is 29.2 Å². The van der Waals surface area contributed by atoms with Crippen LogP contribution in [0.4, 0.5) is 0 Å². The van der Waals surface area contributed by atoms with Crippen LogP contribution >= 0.6 is 0 Å². The Labute approximate surface area is 175 Å². The number of carbonyl (C=O) groups is 1. The van der Waals surface area contributed by atoms with E-state index >= 15 is 0 Å². The van der Waals surface area contributed by atoms with Crippen molar-refractivity contribution in [2.75, 3.05) is 26.3 Å². The standard InChI is InChI=1S/C22H34N2O4S/c1-22(2,3)19-10-8-17(9-11-19)21(25)23-16-18-6-4-5-7-20(18)29(26,27)24-12-14-28-15-13-24/h4-7,17,19H,8-16H2,1-3H3,(H,23,25). The second kappa shape index (κ2) is 9.14. The summed E-state index contributed by atoms with van der Waals surface area (Å²) in [6.45, 7) is 8.58. The molecule has 0 unspecified atom stereocenters. The van der Waals surface area contributed by atoms with Crippen molar-refractivity contribution >= 4 is 15.9 Å². The highest BCUT2D eigenvalue weighted by molar-refractivity contribution is 7.89. The molecule has 29 heavy (non-hydrogen) atoms. The number of carbonyl (C=O) groups excluding carboxylic acids is 1. The summed E-state index contributed by atoms with van der Waals surface area (Å²) in [6, 6.07) is 6.95. The maximum Gasteiger partial charge on any atom is 0.243 e. The molecule has 2 fully saturated rings. The van der Waals surface area contributed by atoms with Gasteiger partial charge in [-0.15, -0.1) is 0 Å². The van der Waals surface area contributed by atoms with Crippen molar-refractivity contribution in [3.63, 3.8) is 0 Å². The molecule has 0 atom stereocenters. The van der Waals surface area contributed by atoms with Crippen LogP contribution in [0.3, 0.4) is 0 Å². The summed E-state index contributed by atoms with van der Waals surface area (Å²) in [7, 11) is -3.59. The number of hydrogen-bond donors (Lipinski definition) is 1. The van der Waals surface area contributed by atoms with E-state index in [1.54, 1.807) is 18.2 Å². The minimum atomic E-state index is -3.59. The minimum Gasteiger partial charge on any atom is -0.379 e. The number of sulfonamides is 1. The quantitative estimate of drug-likeness (QED) is 0.791. The predicted octanol–water partition coefficient (Wildman–Crippen LogP) is 3.18. The summed E-state index contributed by atoms with van der Waals surface area (Å²) in [5.74, 6) is 0.721. The Hall–Kier alpha value is -1.44. The summed E-state index contributed by atoms with van der Waals surface area (Å²) in [5, 5.41) is 2.99. The van der Waals surface area contributed by atoms with Crippen LogP contribution in [0.5, 0.6) is 0 Å². The molecule has 1 heterocycles. The first kappa shape index (κ1) is 22.2. The van der Waals surface area contributed by atoms with Gasteiger partial charge in [0.25, 0.3) is 0 Å². The molecule has 2 aliphatic rings. The minimum absolute atomic E-state index is 0.0246. The second-order valence-corrected chi connectivity index (χ2v) is 11.2. The first-order valence-electron chi connectivity index (χ1n) is 10.6. The van der Waals surface area contributed by atoms with Crippen LogP contribution in [0.1, 0.15) is 52.0 Å². The van der Waals surface area contributed by atoms with Crippen molar-refractivity contribution in [3.8, 4) is 0 Å². The van der Waals surface area contributed by atoms with Crippen LogP contribution < -0.4 is 5.32 Å². The lowest BCUT2D eigenvalue weighted by Crippen LogP contribution is -2.41. The number of amides is 1. The molecule has 1 N–H and O–H groups in total. The van der Waals surface area contributed by atoms with E-state index in [0.29, 0.717) is 37.8 Å². The van der Waals surface area contributed by atoms with Gasteiger partial charge in [0, 0.05) is 25.6 Å². The molecule has 1 aromatic carbocycles. The van der Waals surface area contributed by atoms with Gasteiger partial charge in [-0.25, -0.2) is 8.42 Å². The molecule has 7 heteroatoms. The third-order valence-corrected chi connectivity index (χ3v) is 8.34. The number of nitrogens with zero attached hydrogens (tertiary/aromatic N) is 1. The van der Waals surface area contributed by atoms with Crippen LogP contribution in [-0.4, -0.2) is 44.9 Å². The van der Waals surface area contributed by atoms with E-state index in [1.807, 2.05) is 6.07 Å². The molecular weight excluding hydrogens is 388 g/mol. The van der Waals surface area contributed by atoms with Crippen molar-refractivity contribution in [2.45, 2.75) is 57.9 Å². The molecule has 1 aliphatic heterocycles. The number of ether oxygens (including phenoxy) is 1. The number of nitrogens with one attached hydrogen (secondary N) is 1. The highest BCUT2D eigenvalue weighted by Gasteiger charge is 2.33. The van der Waals surface area contributed by atoms with Crippen molar-refractivity contribution in [2.24, 2.45) is 17.3 Å². The van der Waals surface area contributed by atoms with E-state index in [2.05, 4.69) is 26.1 Å². The van der Waals surface area contributed by atoms with Crippen molar-refractivity contribution < 1.29 is 17.9 Å². The fraction of sp³-hybridized carbons (Fsp3) is 0.682. The Morgan fingerprint density at radius 2 is 1.72 bits per heavy atom. The molecular formula is C22H34N2O4S. The highest BCUT2D eigenvalue weighted by Crippen LogP contribution is 2.39. The normalized spacial score (nSPS) is 24.2. The summed E-state index contributed by atoms with van der Waals surface area (Å²) >= 11 is 0. The van der Waals surface area contributed by atoms with Gasteiger partial charge in [-0.3, -0.25) is 4.79 Å². The zero-order valence-electron chi connectivity index (χ0n) is 17.8. The molecule has 162 valence electrons. The largest absolute Gasteiger partial charge is 0.379 e. The lowest BCUT2D eigenvalue weighted by Gasteiger charge is -2.36. The average molecular weight is 423 g/mol. The number of hydrogen-bond acceptors (Lipinski definition) is 4. The number of rotatable bonds is 5. The van der Waals surface area contributed by atoms with E-state index in [0.717, 1.165) is 25.7 Å². The highest BCUT2D eigenvalue weighted by atomic mass is 32.2. The summed E-state index contributed by atoms with van der Waals surface area (Å²) in [4.78, 5) is 13.0. The van der Waals surface area contributed by atoms with Crippen LogP contribution in [0.25, 0.3) is 0 Å². The van der Waals surface area contributed by atoms with Gasteiger partial charge in [0.1, 0.15) is 0 Å². The predicted molar refractivity (Wildman–Crippen MR) is 113 cm³/mol. The Kier molecular flexibility index (Phi) is 7.02. The molecule has 6 nitrogen and oxygen atoms in total. The van der Waals surface area contributed by atoms with E-state index in [1.165, 1.54) is 4.31 Å². The summed E-state index contributed by atoms with van der Waals surface area (Å²) < 4.78 is 32.8. The molecule has 1 saturated carbocycles. The van der Waals surface area contributed by atoms with Crippen molar-refractivity contribution in [1.29, 1.82) is 0 Å². The zero-order valence-corrected chi connectivity index (χ0v) is 18.6. The Morgan fingerprint density at radius 3 is 2.34 bits per heavy atom. The van der Waals surface area contributed by atoms with E-state index < -0.39 is 10.0 Å². The lowest BCUT2D eigenvalue weighted by atomic mass is 9.69. The van der Waals surface area contributed by atoms with Gasteiger partial charge in [-0.05, 0) is 48.6 Å². The Morgan fingerprint density at radius 1 is 1.10 bits per heavy atom. The number of morpholine rings is 1. The van der Waals surface area contributed by atoms with Gasteiger partial charge in [-0.1, -0.05) is 39.0 Å². The number of benzene rings is 1. The van der Waals surface area contributed by atoms with E-state index in [4.69, 9.17) is 4.74 Å². The topological polar surface area (TPSA) is 75.7 Å². The third kappa shape index (κ3) is 5.38. The molecule has 0 bridgehead atoms. The van der Waals surface area contributed by atoms with Gasteiger partial charge in [-0.2, -0.15) is 4.31 Å². The van der Waals surface area contributed by atoms with Crippen molar-refractivity contribution in [3.05, 3.63) is 29.8 Å². The molecule has 0 spiro atoms. The van der Waals surface area contributed by atoms with Gasteiger partial charge < -0.3 is 10.1 Å². The van der Waals surface area contributed by atoms with Crippen LogP contribution in [0, 0.1) is 17.3 Å². The molecule has 0 radical (unpaired) electrons. The van der Waals surface area contributed by atoms with Crippen LogP contribution in [0.2, 0.25) is 0 Å². The SMILES string of the molecule is CC(C)(C)C1CCC(C(=O)NCc2ccccc2S(=O)(=O)N2CCOCC2)CC1. The zero-order chi connectivity index (χ0) is 21.1. The third-order valence-electron chi connectivity index (χ3n) is 6.34. The van der Waals surface area contributed by atoms with Gasteiger partial charge >= 0.3 is 0 Å². The Bertz CT molecular complexity index is 802. The molecule has 3 rings (SSSR count). The van der Waals surface area contributed by atoms with Gasteiger partial charge in [0.2, 0.25) is 15.9 Å². The molecule has 1 saturated heterocycles. The molecule has 1 aliphatic carbocycles. The maximum absolute atomic E-state index is 13.0. The smallest absolute Gasteiger partial charge is 0.243 e. The average Bonchev–Trinajstić information content (AvgIpc) is 2.72. The first-order chi connectivity index (χ1) is 13.7. The van der Waals surface area contributed by atoms with Crippen molar-refractivity contribution in [1.82, 2.24) is 9.62 Å². The van der Waals surface area contributed by atoms with Crippen LogP contribution in [-0.2, 0) is 26.1 Å². The fourth-order valence-electron chi connectivity index (χ4n) is 4.38. The molecule has 1 amide bonds. The van der Waals surface area contributed by atoms with E-state index in [-0.39, 0.29) is 28.7 Å². The van der Waals surface area contributed by atoms with E-state index in [9.17, 15) is 13.2 Å². The first-order valence-corrected chi connectivity index (χ1v) is 12.1. The lowest BCUT2D eigenvalue weighted by molar-refractivity contribution is -0.126. The van der Waals surface area contributed by atoms with Gasteiger partial charge in [0.05, 0.1) is 18.1 Å². The summed E-state index contributed by atoms with van der Waals surface area (Å²) in [5.41, 5.74) is 0.921. The molecule has 0 aromatic heterocycles. The summed E-state index contributed by atoms with van der Waals surface area (Å²) in [6.07, 6.45) is 3.95.